The Balaban J connectivity index is 2.62. The molecule has 90 valence electrons. The maximum Gasteiger partial charge on any atom is 0.0491 e. The lowest BCUT2D eigenvalue weighted by Gasteiger charge is -2.21. The lowest BCUT2D eigenvalue weighted by atomic mass is 9.89. The van der Waals surface area contributed by atoms with E-state index in [0.717, 1.165) is 10.9 Å². The van der Waals surface area contributed by atoms with Gasteiger partial charge in [-0.2, -0.15) is 0 Å². The minimum absolute atomic E-state index is 0.205. The van der Waals surface area contributed by atoms with Crippen LogP contribution in [-0.2, 0) is 11.2 Å². The second-order valence-corrected chi connectivity index (χ2v) is 5.12. The topological polar surface area (TPSA) is 29.5 Å². The molecule has 0 radical (unpaired) electrons. The molecule has 16 heavy (non-hydrogen) atoms. The summed E-state index contributed by atoms with van der Waals surface area (Å²) < 4.78 is 6.21. The summed E-state index contributed by atoms with van der Waals surface area (Å²) in [5.41, 5.74) is 1.25. The molecular formula is C13H19BrO2. The summed E-state index contributed by atoms with van der Waals surface area (Å²) in [6, 6.07) is 8.22. The maximum absolute atomic E-state index is 9.39. The van der Waals surface area contributed by atoms with Gasteiger partial charge in [-0.15, -0.1) is 0 Å². The monoisotopic (exact) mass is 286 g/mol. The lowest BCUT2D eigenvalue weighted by Crippen LogP contribution is -2.22. The molecule has 0 saturated heterocycles. The van der Waals surface area contributed by atoms with E-state index >= 15 is 0 Å². The molecule has 0 amide bonds. The van der Waals surface area contributed by atoms with E-state index in [4.69, 9.17) is 4.74 Å². The van der Waals surface area contributed by atoms with Crippen LogP contribution in [0.2, 0.25) is 0 Å². The van der Waals surface area contributed by atoms with Crippen molar-refractivity contribution >= 4 is 15.9 Å². The van der Waals surface area contributed by atoms with E-state index in [1.165, 1.54) is 5.56 Å². The van der Waals surface area contributed by atoms with Gasteiger partial charge in [-0.05, 0) is 36.0 Å². The van der Waals surface area contributed by atoms with Gasteiger partial charge in [0.15, 0.2) is 0 Å². The Morgan fingerprint density at radius 3 is 2.75 bits per heavy atom. The van der Waals surface area contributed by atoms with Crippen LogP contribution in [-0.4, -0.2) is 25.4 Å². The van der Waals surface area contributed by atoms with Crippen LogP contribution in [0, 0.1) is 11.8 Å². The molecule has 3 heteroatoms. The molecule has 1 N–H and O–H groups in total. The van der Waals surface area contributed by atoms with Gasteiger partial charge >= 0.3 is 0 Å². The van der Waals surface area contributed by atoms with Gasteiger partial charge in [0.1, 0.15) is 0 Å². The van der Waals surface area contributed by atoms with Crippen molar-refractivity contribution in [3.05, 3.63) is 34.3 Å². The summed E-state index contributed by atoms with van der Waals surface area (Å²) in [4.78, 5) is 0. The number of hydrogen-bond acceptors (Lipinski definition) is 2. The van der Waals surface area contributed by atoms with Crippen LogP contribution in [0.3, 0.4) is 0 Å². The van der Waals surface area contributed by atoms with Crippen molar-refractivity contribution in [2.75, 3.05) is 20.3 Å². The first-order valence-electron chi connectivity index (χ1n) is 5.51. The van der Waals surface area contributed by atoms with Crippen molar-refractivity contribution in [1.29, 1.82) is 0 Å². The van der Waals surface area contributed by atoms with Gasteiger partial charge in [0.25, 0.3) is 0 Å². The zero-order valence-corrected chi connectivity index (χ0v) is 11.4. The molecule has 0 aromatic heterocycles. The van der Waals surface area contributed by atoms with Gasteiger partial charge in [-0.25, -0.2) is 0 Å². The third-order valence-electron chi connectivity index (χ3n) is 2.86. The van der Waals surface area contributed by atoms with E-state index in [1.807, 2.05) is 12.1 Å². The standard InChI is InChI=1S/C13H19BrO2/c1-10(9-16-2)12(8-15)6-11-4-3-5-13(14)7-11/h3-5,7,10,12,15H,6,8-9H2,1-2H3. The van der Waals surface area contributed by atoms with E-state index in [-0.39, 0.29) is 12.5 Å². The molecule has 0 aliphatic rings. The second kappa shape index (κ2) is 7.05. The molecule has 1 aromatic rings. The number of halogens is 1. The summed E-state index contributed by atoms with van der Waals surface area (Å²) in [6.45, 7) is 3.01. The fourth-order valence-electron chi connectivity index (χ4n) is 1.81. The number of benzene rings is 1. The molecule has 0 spiro atoms. The highest BCUT2D eigenvalue weighted by Crippen LogP contribution is 2.20. The molecule has 2 atom stereocenters. The Morgan fingerprint density at radius 2 is 2.19 bits per heavy atom. The smallest absolute Gasteiger partial charge is 0.0491 e. The zero-order valence-electron chi connectivity index (χ0n) is 9.82. The molecule has 2 nitrogen and oxygen atoms in total. The highest BCUT2D eigenvalue weighted by atomic mass is 79.9. The summed E-state index contributed by atoms with van der Waals surface area (Å²) in [5, 5.41) is 9.39. The van der Waals surface area contributed by atoms with Crippen molar-refractivity contribution in [1.82, 2.24) is 0 Å². The number of aliphatic hydroxyl groups is 1. The predicted molar refractivity (Wildman–Crippen MR) is 69.5 cm³/mol. The SMILES string of the molecule is COCC(C)C(CO)Cc1cccc(Br)c1. The van der Waals surface area contributed by atoms with Gasteiger partial charge in [0, 0.05) is 24.8 Å². The summed E-state index contributed by atoms with van der Waals surface area (Å²) in [6.07, 6.45) is 0.889. The minimum Gasteiger partial charge on any atom is -0.396 e. The third-order valence-corrected chi connectivity index (χ3v) is 3.35. The Hall–Kier alpha value is -0.380. The third kappa shape index (κ3) is 4.24. The lowest BCUT2D eigenvalue weighted by molar-refractivity contribution is 0.0983. The Kier molecular flexibility index (Phi) is 6.03. The van der Waals surface area contributed by atoms with Crippen LogP contribution in [0.4, 0.5) is 0 Å². The average molecular weight is 287 g/mol. The average Bonchev–Trinajstić information content (AvgIpc) is 2.26. The van der Waals surface area contributed by atoms with Crippen molar-refractivity contribution in [3.63, 3.8) is 0 Å². The zero-order chi connectivity index (χ0) is 12.0. The summed E-state index contributed by atoms with van der Waals surface area (Å²) in [7, 11) is 1.70. The first-order valence-corrected chi connectivity index (χ1v) is 6.31. The summed E-state index contributed by atoms with van der Waals surface area (Å²) in [5.74, 6) is 0.628. The van der Waals surface area contributed by atoms with Crippen LogP contribution >= 0.6 is 15.9 Å². The van der Waals surface area contributed by atoms with Crippen LogP contribution < -0.4 is 0 Å². The Labute approximate surface area is 106 Å². The van der Waals surface area contributed by atoms with E-state index in [9.17, 15) is 5.11 Å². The predicted octanol–water partition coefficient (Wildman–Crippen LogP) is 2.88. The fraction of sp³-hybridized carbons (Fsp3) is 0.538. The van der Waals surface area contributed by atoms with Crippen LogP contribution in [0.5, 0.6) is 0 Å². The highest BCUT2D eigenvalue weighted by molar-refractivity contribution is 9.10. The number of hydrogen-bond donors (Lipinski definition) is 1. The largest absolute Gasteiger partial charge is 0.396 e. The number of methoxy groups -OCH3 is 1. The van der Waals surface area contributed by atoms with Gasteiger partial charge in [-0.3, -0.25) is 0 Å². The van der Waals surface area contributed by atoms with Crippen LogP contribution in [0.25, 0.3) is 0 Å². The molecule has 0 heterocycles. The number of ether oxygens (including phenoxy) is 1. The molecule has 0 saturated carbocycles. The first kappa shape index (κ1) is 13.7. The normalized spacial score (nSPS) is 14.8. The van der Waals surface area contributed by atoms with Gasteiger partial charge in [-0.1, -0.05) is 35.0 Å². The van der Waals surface area contributed by atoms with Gasteiger partial charge < -0.3 is 9.84 Å². The van der Waals surface area contributed by atoms with Crippen LogP contribution in [0.15, 0.2) is 28.7 Å². The molecule has 1 aromatic carbocycles. The second-order valence-electron chi connectivity index (χ2n) is 4.21. The van der Waals surface area contributed by atoms with Gasteiger partial charge in [0.05, 0.1) is 0 Å². The van der Waals surface area contributed by atoms with Crippen molar-refractivity contribution in [2.24, 2.45) is 11.8 Å². The summed E-state index contributed by atoms with van der Waals surface area (Å²) >= 11 is 3.45. The van der Waals surface area contributed by atoms with E-state index < -0.39 is 0 Å². The molecular weight excluding hydrogens is 268 g/mol. The molecule has 2 unspecified atom stereocenters. The molecule has 0 fully saturated rings. The quantitative estimate of drug-likeness (QED) is 0.871. The molecule has 1 rings (SSSR count). The van der Waals surface area contributed by atoms with Gasteiger partial charge in [0.2, 0.25) is 0 Å². The molecule has 0 aliphatic heterocycles. The molecule has 0 bridgehead atoms. The minimum atomic E-state index is 0.205. The Bertz CT molecular complexity index is 315. The van der Waals surface area contributed by atoms with Crippen molar-refractivity contribution in [2.45, 2.75) is 13.3 Å². The van der Waals surface area contributed by atoms with Crippen LogP contribution in [0.1, 0.15) is 12.5 Å². The number of rotatable bonds is 6. The highest BCUT2D eigenvalue weighted by Gasteiger charge is 2.16. The van der Waals surface area contributed by atoms with E-state index in [0.29, 0.717) is 12.5 Å². The first-order chi connectivity index (χ1) is 7.67. The van der Waals surface area contributed by atoms with E-state index in [2.05, 4.69) is 35.0 Å². The molecule has 0 aliphatic carbocycles. The Morgan fingerprint density at radius 1 is 1.44 bits per heavy atom. The van der Waals surface area contributed by atoms with E-state index in [1.54, 1.807) is 7.11 Å². The van der Waals surface area contributed by atoms with Crippen molar-refractivity contribution < 1.29 is 9.84 Å². The number of aliphatic hydroxyl groups excluding tert-OH is 1. The maximum atomic E-state index is 9.39. The fourth-order valence-corrected chi connectivity index (χ4v) is 2.26. The van der Waals surface area contributed by atoms with Crippen molar-refractivity contribution in [3.8, 4) is 0 Å².